The number of rotatable bonds is 5. The van der Waals surface area contributed by atoms with E-state index >= 15 is 0 Å². The summed E-state index contributed by atoms with van der Waals surface area (Å²) in [6.07, 6.45) is -12.1. The highest BCUT2D eigenvalue weighted by Crippen LogP contribution is 2.71. The zero-order valence-electron chi connectivity index (χ0n) is 20.7. The first-order valence-electron chi connectivity index (χ1n) is 12.5. The Bertz CT molecular complexity index is 1160. The number of hydrogen-bond acceptors (Lipinski definition) is 3. The molecule has 37 heavy (non-hydrogen) atoms. The van der Waals surface area contributed by atoms with Gasteiger partial charge in [0.2, 0.25) is 0 Å². The molecule has 9 heteroatoms. The van der Waals surface area contributed by atoms with Crippen molar-refractivity contribution < 1.29 is 40.9 Å². The lowest BCUT2D eigenvalue weighted by Gasteiger charge is -2.39. The molecule has 2 aliphatic carbocycles. The molecule has 2 aromatic carbocycles. The Hall–Kier alpha value is -2.10. The second-order valence-corrected chi connectivity index (χ2v) is 11.3. The molecular formula is C28H30F6O3. The van der Waals surface area contributed by atoms with Crippen LogP contribution in [0.4, 0.5) is 26.3 Å². The maximum absolute atomic E-state index is 13.9. The van der Waals surface area contributed by atoms with E-state index in [9.17, 15) is 31.4 Å². The van der Waals surface area contributed by atoms with E-state index in [4.69, 9.17) is 9.47 Å². The van der Waals surface area contributed by atoms with Crippen LogP contribution in [0.1, 0.15) is 74.5 Å². The van der Waals surface area contributed by atoms with Crippen LogP contribution in [0.25, 0.3) is 0 Å². The third kappa shape index (κ3) is 4.17. The smallest absolute Gasteiger partial charge is 0.385 e. The Labute approximate surface area is 211 Å². The number of alkyl halides is 6. The highest BCUT2D eigenvalue weighted by Gasteiger charge is 2.69. The van der Waals surface area contributed by atoms with Gasteiger partial charge in [-0.05, 0) is 58.8 Å². The normalized spacial score (nSPS) is 32.4. The predicted octanol–water partition coefficient (Wildman–Crippen LogP) is 7.70. The van der Waals surface area contributed by atoms with Gasteiger partial charge in [0.1, 0.15) is 12.2 Å². The number of halogens is 6. The minimum absolute atomic E-state index is 0.0285. The summed E-state index contributed by atoms with van der Waals surface area (Å²) in [7, 11) is 0. The van der Waals surface area contributed by atoms with Crippen molar-refractivity contribution in [2.45, 2.75) is 77.0 Å². The quantitative estimate of drug-likeness (QED) is 0.404. The number of aliphatic hydroxyl groups excluding tert-OH is 1. The van der Waals surface area contributed by atoms with Crippen LogP contribution in [0.2, 0.25) is 0 Å². The van der Waals surface area contributed by atoms with Crippen LogP contribution in [-0.2, 0) is 21.8 Å². The zero-order valence-corrected chi connectivity index (χ0v) is 20.7. The Morgan fingerprint density at radius 2 is 1.43 bits per heavy atom. The van der Waals surface area contributed by atoms with Crippen LogP contribution in [0.15, 0.2) is 48.5 Å². The number of aliphatic hydroxyl groups is 1. The second kappa shape index (κ2) is 8.71. The van der Waals surface area contributed by atoms with Gasteiger partial charge in [-0.3, -0.25) is 0 Å². The molecule has 0 radical (unpaired) electrons. The second-order valence-electron chi connectivity index (χ2n) is 11.3. The van der Waals surface area contributed by atoms with Crippen molar-refractivity contribution in [3.63, 3.8) is 0 Å². The molecule has 4 unspecified atom stereocenters. The van der Waals surface area contributed by atoms with Crippen LogP contribution in [0, 0.1) is 22.7 Å². The zero-order chi connectivity index (χ0) is 27.0. The lowest BCUT2D eigenvalue weighted by molar-refractivity contribution is -0.208. The summed E-state index contributed by atoms with van der Waals surface area (Å²) in [5.74, 6) is 0.491. The lowest BCUT2D eigenvalue weighted by Crippen LogP contribution is -2.38. The highest BCUT2D eigenvalue weighted by molar-refractivity contribution is 5.37. The topological polar surface area (TPSA) is 38.7 Å². The number of benzene rings is 2. The van der Waals surface area contributed by atoms with Crippen molar-refractivity contribution in [3.8, 4) is 0 Å². The molecule has 7 atom stereocenters. The Morgan fingerprint density at radius 3 is 2.00 bits per heavy atom. The van der Waals surface area contributed by atoms with Crippen molar-refractivity contribution in [2.75, 3.05) is 0 Å². The van der Waals surface area contributed by atoms with Gasteiger partial charge in [0.05, 0.1) is 17.2 Å². The highest BCUT2D eigenvalue weighted by atomic mass is 19.4. The fraction of sp³-hybridized carbons (Fsp3) is 0.571. The molecule has 0 spiro atoms. The van der Waals surface area contributed by atoms with Gasteiger partial charge in [-0.2, -0.15) is 26.3 Å². The third-order valence-electron chi connectivity index (χ3n) is 9.41. The van der Waals surface area contributed by atoms with Crippen molar-refractivity contribution in [3.05, 3.63) is 70.8 Å². The van der Waals surface area contributed by atoms with E-state index in [1.165, 1.54) is 18.2 Å². The maximum Gasteiger partial charge on any atom is 0.416 e. The molecule has 0 aromatic heterocycles. The molecule has 1 N–H and O–H groups in total. The molecule has 3 aliphatic rings. The summed E-state index contributed by atoms with van der Waals surface area (Å²) in [6.45, 7) is 6.58. The van der Waals surface area contributed by atoms with Gasteiger partial charge in [0.25, 0.3) is 0 Å². The monoisotopic (exact) mass is 528 g/mol. The molecule has 2 saturated carbocycles. The van der Waals surface area contributed by atoms with E-state index in [2.05, 4.69) is 20.8 Å². The van der Waals surface area contributed by atoms with Crippen LogP contribution in [0.3, 0.4) is 0 Å². The first-order chi connectivity index (χ1) is 17.2. The molecule has 5 rings (SSSR count). The molecular weight excluding hydrogens is 498 g/mol. The van der Waals surface area contributed by atoms with Crippen molar-refractivity contribution >= 4 is 0 Å². The average molecular weight is 529 g/mol. The minimum Gasteiger partial charge on any atom is -0.385 e. The van der Waals surface area contributed by atoms with Gasteiger partial charge in [0, 0.05) is 6.42 Å². The molecule has 2 aromatic rings. The Morgan fingerprint density at radius 1 is 0.892 bits per heavy atom. The molecule has 1 saturated heterocycles. The fourth-order valence-electron chi connectivity index (χ4n) is 7.23. The summed E-state index contributed by atoms with van der Waals surface area (Å²) in [5.41, 5.74) is -3.30. The molecule has 3 nitrogen and oxygen atoms in total. The van der Waals surface area contributed by atoms with Gasteiger partial charge in [-0.25, -0.2) is 0 Å². The lowest BCUT2D eigenvalue weighted by atomic mass is 9.70. The van der Waals surface area contributed by atoms with E-state index in [0.29, 0.717) is 12.3 Å². The van der Waals surface area contributed by atoms with Gasteiger partial charge < -0.3 is 14.6 Å². The molecule has 2 bridgehead atoms. The van der Waals surface area contributed by atoms with Crippen LogP contribution in [0.5, 0.6) is 0 Å². The van der Waals surface area contributed by atoms with Gasteiger partial charge >= 0.3 is 12.4 Å². The van der Waals surface area contributed by atoms with Gasteiger partial charge in [-0.1, -0.05) is 57.2 Å². The molecule has 1 aliphatic heterocycles. The van der Waals surface area contributed by atoms with E-state index in [0.717, 1.165) is 43.2 Å². The Kier molecular flexibility index (Phi) is 6.24. The van der Waals surface area contributed by atoms with Crippen LogP contribution >= 0.6 is 0 Å². The molecule has 202 valence electrons. The molecule has 3 fully saturated rings. The largest absolute Gasteiger partial charge is 0.416 e. The minimum atomic E-state index is -4.81. The SMILES string of the molecule is CC1(C)C2CCC1(C)C1O[C@@H](O[C@H](c3ccccc3C(F)(F)F)[C@@H](O)c3ccccc3C(F)(F)F)CC21. The fourth-order valence-corrected chi connectivity index (χ4v) is 7.23. The third-order valence-corrected chi connectivity index (χ3v) is 9.41. The standard InChI is InChI=1S/C28H30F6O3/c1-25(2)18-12-13-26(25,3)24-17(18)14-21(37-24)36-23(16-9-5-7-11-20(16)28(32,33)34)22(35)15-8-4-6-10-19(15)27(29,30)31/h4-11,17-18,21-24,35H,12-14H2,1-3H3/t17?,18?,21-,22+,23-,24?,26?/m1/s1. The number of ether oxygens (including phenoxy) is 2. The summed E-state index contributed by atoms with van der Waals surface area (Å²) in [6, 6.07) is 8.83. The number of fused-ring (bicyclic) bond motifs is 5. The van der Waals surface area contributed by atoms with E-state index in [1.54, 1.807) is 0 Å². The average Bonchev–Trinajstić information content (AvgIpc) is 3.39. The van der Waals surface area contributed by atoms with Crippen molar-refractivity contribution in [1.29, 1.82) is 0 Å². The summed E-state index contributed by atoms with van der Waals surface area (Å²) < 4.78 is 95.4. The summed E-state index contributed by atoms with van der Waals surface area (Å²) in [4.78, 5) is 0. The number of hydrogen-bond donors (Lipinski definition) is 1. The van der Waals surface area contributed by atoms with Crippen LogP contribution in [-0.4, -0.2) is 17.5 Å². The predicted molar refractivity (Wildman–Crippen MR) is 123 cm³/mol. The summed E-state index contributed by atoms with van der Waals surface area (Å²) >= 11 is 0. The van der Waals surface area contributed by atoms with E-state index < -0.39 is 53.1 Å². The van der Waals surface area contributed by atoms with Gasteiger partial charge in [-0.15, -0.1) is 0 Å². The van der Waals surface area contributed by atoms with Crippen LogP contribution < -0.4 is 0 Å². The van der Waals surface area contributed by atoms with Gasteiger partial charge in [0.15, 0.2) is 6.29 Å². The molecule has 0 amide bonds. The first-order valence-corrected chi connectivity index (χ1v) is 12.5. The van der Waals surface area contributed by atoms with Crippen molar-refractivity contribution in [2.24, 2.45) is 22.7 Å². The maximum atomic E-state index is 13.9. The van der Waals surface area contributed by atoms with Crippen molar-refractivity contribution in [1.82, 2.24) is 0 Å². The van der Waals surface area contributed by atoms with E-state index in [-0.39, 0.29) is 22.9 Å². The first kappa shape index (κ1) is 26.5. The summed E-state index contributed by atoms with van der Waals surface area (Å²) in [5, 5.41) is 11.2. The Balaban J connectivity index is 1.52. The van der Waals surface area contributed by atoms with E-state index in [1.807, 2.05) is 0 Å². The molecule has 1 heterocycles.